The first-order valence-electron chi connectivity index (χ1n) is 5.16. The first-order valence-corrected chi connectivity index (χ1v) is 5.53. The lowest BCUT2D eigenvalue weighted by Crippen LogP contribution is -2.05. The number of carbonyl (C=O) groups is 1. The van der Waals surface area contributed by atoms with Gasteiger partial charge in [-0.15, -0.1) is 0 Å². The van der Waals surface area contributed by atoms with Gasteiger partial charge in [0.1, 0.15) is 5.75 Å². The highest BCUT2D eigenvalue weighted by atomic mass is 35.5. The van der Waals surface area contributed by atoms with Crippen LogP contribution >= 0.6 is 11.6 Å². The van der Waals surface area contributed by atoms with Crippen LogP contribution in [0.3, 0.4) is 0 Å². The lowest BCUT2D eigenvalue weighted by Gasteiger charge is -2.09. The molecule has 1 aromatic carbocycles. The quantitative estimate of drug-likeness (QED) is 0.745. The van der Waals surface area contributed by atoms with E-state index in [0.717, 1.165) is 5.56 Å². The summed E-state index contributed by atoms with van der Waals surface area (Å²) >= 11 is 5.96. The minimum Gasteiger partial charge on any atom is -0.495 e. The monoisotopic (exact) mass is 242 g/mol. The second-order valence-corrected chi connectivity index (χ2v) is 3.64. The van der Waals surface area contributed by atoms with Gasteiger partial charge in [0.05, 0.1) is 18.7 Å². The van der Waals surface area contributed by atoms with E-state index in [1.807, 2.05) is 12.1 Å². The van der Waals surface area contributed by atoms with E-state index in [4.69, 9.17) is 21.1 Å². The van der Waals surface area contributed by atoms with Crippen molar-refractivity contribution >= 4 is 17.6 Å². The van der Waals surface area contributed by atoms with E-state index < -0.39 is 0 Å². The summed E-state index contributed by atoms with van der Waals surface area (Å²) in [6.07, 6.45) is 0.910. The summed E-state index contributed by atoms with van der Waals surface area (Å²) in [5.74, 6) is 0.429. The molecule has 0 atom stereocenters. The maximum Gasteiger partial charge on any atom is 0.306 e. The van der Waals surface area contributed by atoms with E-state index in [1.54, 1.807) is 20.1 Å². The lowest BCUT2D eigenvalue weighted by atomic mass is 10.1. The molecule has 0 saturated heterocycles. The van der Waals surface area contributed by atoms with Gasteiger partial charge in [0.2, 0.25) is 0 Å². The van der Waals surface area contributed by atoms with E-state index in [1.165, 1.54) is 0 Å². The van der Waals surface area contributed by atoms with Gasteiger partial charge in [0.25, 0.3) is 0 Å². The van der Waals surface area contributed by atoms with E-state index in [0.29, 0.717) is 30.2 Å². The molecule has 3 nitrogen and oxygen atoms in total. The third-order valence-corrected chi connectivity index (χ3v) is 2.45. The number of methoxy groups -OCH3 is 1. The van der Waals surface area contributed by atoms with Gasteiger partial charge in [-0.1, -0.05) is 23.7 Å². The highest BCUT2D eigenvalue weighted by Crippen LogP contribution is 2.29. The van der Waals surface area contributed by atoms with Crippen molar-refractivity contribution in [3.8, 4) is 5.75 Å². The predicted octanol–water partition coefficient (Wildman–Crippen LogP) is 2.84. The molecule has 0 spiro atoms. The normalized spacial score (nSPS) is 9.94. The molecule has 0 N–H and O–H groups in total. The van der Waals surface area contributed by atoms with Crippen LogP contribution in [0.4, 0.5) is 0 Å². The summed E-state index contributed by atoms with van der Waals surface area (Å²) in [7, 11) is 1.56. The summed E-state index contributed by atoms with van der Waals surface area (Å²) < 4.78 is 10.0. The summed E-state index contributed by atoms with van der Waals surface area (Å²) in [6, 6.07) is 5.49. The third kappa shape index (κ3) is 3.42. The molecule has 0 unspecified atom stereocenters. The maximum atomic E-state index is 11.2. The van der Waals surface area contributed by atoms with Crippen LogP contribution in [0, 0.1) is 0 Å². The van der Waals surface area contributed by atoms with Gasteiger partial charge in [-0.05, 0) is 25.0 Å². The molecule has 0 aliphatic carbocycles. The van der Waals surface area contributed by atoms with Crippen molar-refractivity contribution < 1.29 is 14.3 Å². The average Bonchev–Trinajstić information content (AvgIpc) is 2.27. The summed E-state index contributed by atoms with van der Waals surface area (Å²) in [5.41, 5.74) is 0.919. The summed E-state index contributed by atoms with van der Waals surface area (Å²) in [4.78, 5) is 11.2. The second-order valence-electron chi connectivity index (χ2n) is 3.24. The van der Waals surface area contributed by atoms with E-state index in [-0.39, 0.29) is 5.97 Å². The Morgan fingerprint density at radius 1 is 1.44 bits per heavy atom. The fraction of sp³-hybridized carbons (Fsp3) is 0.417. The summed E-state index contributed by atoms with van der Waals surface area (Å²) in [5, 5.41) is 0.559. The van der Waals surface area contributed by atoms with Crippen molar-refractivity contribution in [2.24, 2.45) is 0 Å². The van der Waals surface area contributed by atoms with Crippen LogP contribution in [-0.2, 0) is 16.0 Å². The highest BCUT2D eigenvalue weighted by molar-refractivity contribution is 6.32. The number of carbonyl (C=O) groups excluding carboxylic acids is 1. The Balaban J connectivity index is 2.66. The van der Waals surface area contributed by atoms with Gasteiger partial charge >= 0.3 is 5.97 Å². The Hall–Kier alpha value is -1.22. The Morgan fingerprint density at radius 2 is 2.19 bits per heavy atom. The van der Waals surface area contributed by atoms with Crippen LogP contribution in [0.25, 0.3) is 0 Å². The molecule has 88 valence electrons. The number of hydrogen-bond acceptors (Lipinski definition) is 3. The highest BCUT2D eigenvalue weighted by Gasteiger charge is 2.09. The number of aryl methyl sites for hydroxylation is 1. The predicted molar refractivity (Wildman–Crippen MR) is 63.0 cm³/mol. The largest absolute Gasteiger partial charge is 0.495 e. The first kappa shape index (κ1) is 12.8. The first-order chi connectivity index (χ1) is 7.69. The van der Waals surface area contributed by atoms with Crippen LogP contribution in [-0.4, -0.2) is 19.7 Å². The molecule has 4 heteroatoms. The molecule has 0 amide bonds. The minimum absolute atomic E-state index is 0.204. The van der Waals surface area contributed by atoms with Gasteiger partial charge in [0, 0.05) is 6.42 Å². The van der Waals surface area contributed by atoms with Crippen LogP contribution in [0.15, 0.2) is 18.2 Å². The fourth-order valence-electron chi connectivity index (χ4n) is 1.45. The lowest BCUT2D eigenvalue weighted by molar-refractivity contribution is -0.143. The molecule has 1 rings (SSSR count). The van der Waals surface area contributed by atoms with E-state index in [2.05, 4.69) is 0 Å². The number of ether oxygens (including phenoxy) is 2. The molecule has 0 radical (unpaired) electrons. The second kappa shape index (κ2) is 6.38. The van der Waals surface area contributed by atoms with Crippen molar-refractivity contribution in [1.29, 1.82) is 0 Å². The van der Waals surface area contributed by atoms with Crippen LogP contribution in [0.2, 0.25) is 5.02 Å². The topological polar surface area (TPSA) is 35.5 Å². The molecule has 16 heavy (non-hydrogen) atoms. The molecule has 0 fully saturated rings. The Kier molecular flexibility index (Phi) is 5.12. The van der Waals surface area contributed by atoms with Crippen LogP contribution in [0.1, 0.15) is 18.9 Å². The zero-order valence-electron chi connectivity index (χ0n) is 9.46. The minimum atomic E-state index is -0.204. The molecule has 0 bridgehead atoms. The average molecular weight is 243 g/mol. The van der Waals surface area contributed by atoms with Crippen LogP contribution in [0.5, 0.6) is 5.75 Å². The van der Waals surface area contributed by atoms with E-state index in [9.17, 15) is 4.79 Å². The van der Waals surface area contributed by atoms with E-state index >= 15 is 0 Å². The molecule has 0 aliphatic heterocycles. The smallest absolute Gasteiger partial charge is 0.306 e. The molecule has 0 saturated carbocycles. The number of halogens is 1. The number of esters is 1. The van der Waals surface area contributed by atoms with Crippen molar-refractivity contribution in [3.63, 3.8) is 0 Å². The third-order valence-electron chi connectivity index (χ3n) is 2.16. The Labute approximate surface area is 100 Å². The fourth-order valence-corrected chi connectivity index (χ4v) is 1.72. The van der Waals surface area contributed by atoms with Crippen LogP contribution < -0.4 is 4.74 Å². The number of hydrogen-bond donors (Lipinski definition) is 0. The zero-order valence-corrected chi connectivity index (χ0v) is 10.2. The molecule has 0 heterocycles. The van der Waals surface area contributed by atoms with Gasteiger partial charge in [-0.2, -0.15) is 0 Å². The molecular weight excluding hydrogens is 228 g/mol. The molecule has 0 aromatic heterocycles. The van der Waals surface area contributed by atoms with Gasteiger partial charge in [0.15, 0.2) is 0 Å². The summed E-state index contributed by atoms with van der Waals surface area (Å²) in [6.45, 7) is 2.20. The van der Waals surface area contributed by atoms with Gasteiger partial charge in [-0.3, -0.25) is 4.79 Å². The van der Waals surface area contributed by atoms with Crippen molar-refractivity contribution in [2.75, 3.05) is 13.7 Å². The molecular formula is C12H15ClO3. The van der Waals surface area contributed by atoms with Crippen molar-refractivity contribution in [1.82, 2.24) is 0 Å². The number of rotatable bonds is 5. The van der Waals surface area contributed by atoms with Gasteiger partial charge < -0.3 is 9.47 Å². The standard InChI is InChI=1S/C12H15ClO3/c1-3-16-11(14)8-7-9-5-4-6-10(13)12(9)15-2/h4-6H,3,7-8H2,1-2H3. The SMILES string of the molecule is CCOC(=O)CCc1cccc(Cl)c1OC. The number of benzene rings is 1. The van der Waals surface area contributed by atoms with Crippen molar-refractivity contribution in [2.45, 2.75) is 19.8 Å². The molecule has 1 aromatic rings. The maximum absolute atomic E-state index is 11.2. The molecule has 0 aliphatic rings. The van der Waals surface area contributed by atoms with Gasteiger partial charge in [-0.25, -0.2) is 0 Å². The van der Waals surface area contributed by atoms with Crippen molar-refractivity contribution in [3.05, 3.63) is 28.8 Å². The number of para-hydroxylation sites is 1. The zero-order chi connectivity index (χ0) is 12.0. The Bertz CT molecular complexity index is 363. The Morgan fingerprint density at radius 3 is 2.81 bits per heavy atom.